The minimum absolute atomic E-state index is 0.110. The third kappa shape index (κ3) is 64.8. The zero-order valence-electron chi connectivity index (χ0n) is 51.9. The molecule has 0 aromatic heterocycles. The Morgan fingerprint density at radius 3 is 0.911 bits per heavy atom. The number of carbonyl (C=O) groups excluding carboxylic acids is 3. The number of unbranched alkanes of at least 4 members (excludes halogenated alkanes) is 32. The highest BCUT2D eigenvalue weighted by molar-refractivity contribution is 5.72. The molecule has 0 spiro atoms. The van der Waals surface area contributed by atoms with Gasteiger partial charge in [-0.25, -0.2) is 0 Å². The molecule has 79 heavy (non-hydrogen) atoms. The Morgan fingerprint density at radius 1 is 0.278 bits per heavy atom. The summed E-state index contributed by atoms with van der Waals surface area (Å²) in [5, 5.41) is 0. The molecule has 0 heterocycles. The van der Waals surface area contributed by atoms with Gasteiger partial charge in [0, 0.05) is 12.8 Å². The predicted molar refractivity (Wildman–Crippen MR) is 343 cm³/mol. The molecule has 0 aliphatic rings. The van der Waals surface area contributed by atoms with Gasteiger partial charge in [-0.3, -0.25) is 14.4 Å². The molecule has 0 aliphatic carbocycles. The summed E-state index contributed by atoms with van der Waals surface area (Å²) < 4.78 is 16.8. The molecule has 6 heteroatoms. The summed E-state index contributed by atoms with van der Waals surface area (Å²) in [6.07, 6.45) is 91.4. The van der Waals surface area contributed by atoms with Crippen LogP contribution in [0, 0.1) is 0 Å². The molecule has 0 bridgehead atoms. The molecule has 6 nitrogen and oxygen atoms in total. The molecule has 0 aromatic carbocycles. The average Bonchev–Trinajstić information content (AvgIpc) is 3.45. The maximum atomic E-state index is 12.9. The van der Waals surface area contributed by atoms with Crippen LogP contribution < -0.4 is 0 Å². The van der Waals surface area contributed by atoms with Gasteiger partial charge in [-0.05, 0) is 109 Å². The first-order chi connectivity index (χ1) is 39.0. The number of carbonyl (C=O) groups is 3. The Kier molecular flexibility index (Phi) is 63.3. The van der Waals surface area contributed by atoms with E-state index >= 15 is 0 Å². The van der Waals surface area contributed by atoms with Crippen molar-refractivity contribution in [1.82, 2.24) is 0 Å². The van der Waals surface area contributed by atoms with E-state index in [-0.39, 0.29) is 31.6 Å². The van der Waals surface area contributed by atoms with Gasteiger partial charge >= 0.3 is 17.9 Å². The van der Waals surface area contributed by atoms with E-state index in [0.29, 0.717) is 12.8 Å². The lowest BCUT2D eigenvalue weighted by atomic mass is 10.0. The van der Waals surface area contributed by atoms with Gasteiger partial charge < -0.3 is 14.2 Å². The van der Waals surface area contributed by atoms with Crippen LogP contribution in [0.1, 0.15) is 316 Å². The Balaban J connectivity index is 4.32. The molecule has 0 amide bonds. The van der Waals surface area contributed by atoms with Crippen molar-refractivity contribution in [3.8, 4) is 0 Å². The number of hydrogen-bond donors (Lipinski definition) is 0. The minimum Gasteiger partial charge on any atom is -0.462 e. The van der Waals surface area contributed by atoms with E-state index in [1.54, 1.807) is 6.08 Å². The highest BCUT2D eigenvalue weighted by Gasteiger charge is 2.19. The van der Waals surface area contributed by atoms with Gasteiger partial charge in [-0.15, -0.1) is 0 Å². The number of rotatable bonds is 60. The van der Waals surface area contributed by atoms with Gasteiger partial charge in [0.05, 0.1) is 6.42 Å². The minimum atomic E-state index is -0.824. The van der Waals surface area contributed by atoms with E-state index in [1.807, 2.05) is 6.08 Å². The lowest BCUT2D eigenvalue weighted by Crippen LogP contribution is -2.30. The molecular formula is C73H124O6. The molecule has 0 radical (unpaired) electrons. The molecule has 0 saturated carbocycles. The Bertz CT molecular complexity index is 1590. The molecule has 452 valence electrons. The lowest BCUT2D eigenvalue weighted by Gasteiger charge is -2.18. The lowest BCUT2D eigenvalue weighted by molar-refractivity contribution is -0.166. The van der Waals surface area contributed by atoms with Crippen molar-refractivity contribution < 1.29 is 28.6 Å². The maximum absolute atomic E-state index is 12.9. The Morgan fingerprint density at radius 2 is 0.544 bits per heavy atom. The molecular weight excluding hydrogens is 973 g/mol. The summed E-state index contributed by atoms with van der Waals surface area (Å²) >= 11 is 0. The standard InChI is InChI=1S/C73H124O6/c1-4-7-10-13-16-19-22-25-28-30-31-32-33-34-35-36-37-38-39-40-41-43-45-48-51-54-57-60-63-66-72(75)78-69-70(68-77-71(74)65-62-59-56-53-50-47-44-27-24-21-18-15-12-9-6-3)79-73(76)67-64-61-58-55-52-49-46-42-29-26-23-20-17-14-11-8-5-2/h9,12,17-18,20-22,25-27,29-31,44,50,53,59,62,70H,4-8,10-11,13-16,19,23-24,28,32-43,45-49,51-52,54-58,60-61,63-69H2,1-3H3/b12-9-,20-17-,21-18-,25-22-,29-26-,31-30-,44-27-,53-50-,62-59-. The van der Waals surface area contributed by atoms with Crippen molar-refractivity contribution in [2.24, 2.45) is 0 Å². The van der Waals surface area contributed by atoms with Crippen molar-refractivity contribution in [2.75, 3.05) is 13.2 Å². The van der Waals surface area contributed by atoms with Crippen molar-refractivity contribution in [3.63, 3.8) is 0 Å². The zero-order valence-corrected chi connectivity index (χ0v) is 51.9. The molecule has 0 saturated heterocycles. The molecule has 0 aliphatic heterocycles. The second kappa shape index (κ2) is 66.6. The van der Waals surface area contributed by atoms with E-state index < -0.39 is 12.1 Å². The molecule has 0 fully saturated rings. The number of hydrogen-bond acceptors (Lipinski definition) is 6. The number of ether oxygens (including phenoxy) is 3. The van der Waals surface area contributed by atoms with Crippen LogP contribution in [0.5, 0.6) is 0 Å². The largest absolute Gasteiger partial charge is 0.462 e. The van der Waals surface area contributed by atoms with Gasteiger partial charge in [0.1, 0.15) is 13.2 Å². The summed E-state index contributed by atoms with van der Waals surface area (Å²) in [4.78, 5) is 38.3. The molecule has 1 unspecified atom stereocenters. The van der Waals surface area contributed by atoms with E-state index in [2.05, 4.69) is 118 Å². The molecule has 0 rings (SSSR count). The SMILES string of the molecule is CC/C=C\C/C=C\C/C=C\C/C=C\C/C=C\CC(=O)OCC(COC(=O)CCCCCCCCCCCCCCCCCCC/C=C\C/C=C\CCCCCCC)OC(=O)CCCCCCCCC/C=C\C/C=C\CCCCC. The van der Waals surface area contributed by atoms with Crippen molar-refractivity contribution in [2.45, 2.75) is 322 Å². The van der Waals surface area contributed by atoms with Crippen LogP contribution in [0.25, 0.3) is 0 Å². The van der Waals surface area contributed by atoms with Crippen LogP contribution in [0.15, 0.2) is 109 Å². The van der Waals surface area contributed by atoms with Crippen LogP contribution in [0.3, 0.4) is 0 Å². The maximum Gasteiger partial charge on any atom is 0.309 e. The van der Waals surface area contributed by atoms with E-state index in [4.69, 9.17) is 14.2 Å². The van der Waals surface area contributed by atoms with Crippen molar-refractivity contribution in [1.29, 1.82) is 0 Å². The summed E-state index contributed by atoms with van der Waals surface area (Å²) in [5.74, 6) is -1.04. The highest BCUT2D eigenvalue weighted by atomic mass is 16.6. The van der Waals surface area contributed by atoms with Gasteiger partial charge in [0.25, 0.3) is 0 Å². The van der Waals surface area contributed by atoms with Crippen LogP contribution in [-0.2, 0) is 28.6 Å². The summed E-state index contributed by atoms with van der Waals surface area (Å²) in [6, 6.07) is 0. The molecule has 0 N–H and O–H groups in total. The normalized spacial score (nSPS) is 12.8. The fourth-order valence-electron chi connectivity index (χ4n) is 9.28. The van der Waals surface area contributed by atoms with E-state index in [1.165, 1.54) is 186 Å². The monoisotopic (exact) mass is 1100 g/mol. The quantitative estimate of drug-likeness (QED) is 0.0261. The first-order valence-electron chi connectivity index (χ1n) is 33.4. The second-order valence-corrected chi connectivity index (χ2v) is 22.0. The summed E-state index contributed by atoms with van der Waals surface area (Å²) in [5.41, 5.74) is 0. The number of allylic oxidation sites excluding steroid dienone is 17. The van der Waals surface area contributed by atoms with Gasteiger partial charge in [0.15, 0.2) is 6.10 Å². The molecule has 0 aromatic rings. The third-order valence-corrected chi connectivity index (χ3v) is 14.3. The number of esters is 3. The van der Waals surface area contributed by atoms with Crippen molar-refractivity contribution in [3.05, 3.63) is 109 Å². The van der Waals surface area contributed by atoms with Crippen LogP contribution in [0.2, 0.25) is 0 Å². The Hall–Kier alpha value is -3.93. The molecule has 1 atom stereocenters. The Labute approximate surface area is 489 Å². The van der Waals surface area contributed by atoms with Gasteiger partial charge in [0.2, 0.25) is 0 Å². The fourth-order valence-corrected chi connectivity index (χ4v) is 9.28. The average molecular weight is 1100 g/mol. The van der Waals surface area contributed by atoms with Crippen LogP contribution >= 0.6 is 0 Å². The van der Waals surface area contributed by atoms with Crippen LogP contribution in [-0.4, -0.2) is 37.2 Å². The zero-order chi connectivity index (χ0) is 57.1. The van der Waals surface area contributed by atoms with Gasteiger partial charge in [-0.1, -0.05) is 297 Å². The first kappa shape index (κ1) is 75.1. The third-order valence-electron chi connectivity index (χ3n) is 14.3. The smallest absolute Gasteiger partial charge is 0.309 e. The predicted octanol–water partition coefficient (Wildman–Crippen LogP) is 23.0. The topological polar surface area (TPSA) is 78.9 Å². The van der Waals surface area contributed by atoms with Crippen LogP contribution in [0.4, 0.5) is 0 Å². The fraction of sp³-hybridized carbons (Fsp3) is 0.712. The van der Waals surface area contributed by atoms with Crippen molar-refractivity contribution >= 4 is 17.9 Å². The van der Waals surface area contributed by atoms with Gasteiger partial charge in [-0.2, -0.15) is 0 Å². The highest BCUT2D eigenvalue weighted by Crippen LogP contribution is 2.17. The van der Waals surface area contributed by atoms with E-state index in [9.17, 15) is 14.4 Å². The first-order valence-corrected chi connectivity index (χ1v) is 33.4. The second-order valence-electron chi connectivity index (χ2n) is 22.0. The summed E-state index contributed by atoms with van der Waals surface area (Å²) in [6.45, 7) is 6.42. The van der Waals surface area contributed by atoms with E-state index in [0.717, 1.165) is 89.9 Å². The summed E-state index contributed by atoms with van der Waals surface area (Å²) in [7, 11) is 0.